The fraction of sp³-hybridized carbons (Fsp3) is 0.421. The first-order chi connectivity index (χ1) is 12.5. The van der Waals surface area contributed by atoms with Crippen molar-refractivity contribution in [3.63, 3.8) is 0 Å². The summed E-state index contributed by atoms with van der Waals surface area (Å²) in [4.78, 5) is 25.3. The number of fused-ring (bicyclic) bond motifs is 5. The summed E-state index contributed by atoms with van der Waals surface area (Å²) >= 11 is 3.46. The van der Waals surface area contributed by atoms with Gasteiger partial charge in [0.05, 0.1) is 36.2 Å². The van der Waals surface area contributed by atoms with E-state index in [1.807, 2.05) is 13.0 Å². The van der Waals surface area contributed by atoms with E-state index in [1.54, 1.807) is 13.2 Å². The average Bonchev–Trinajstić information content (AvgIpc) is 3.30. The Balaban J connectivity index is 1.58. The van der Waals surface area contributed by atoms with E-state index in [-0.39, 0.29) is 35.5 Å². The van der Waals surface area contributed by atoms with Gasteiger partial charge >= 0.3 is 0 Å². The number of benzene rings is 1. The minimum Gasteiger partial charge on any atom is -0.493 e. The molecule has 1 saturated carbocycles. The SMILES string of the molecule is CCOc1c(Br)cc(/C=N\N2C(=O)[C@@H]3[C@H](C2=O)[C@H]2C=C[C@H]3C2)cc1OC. The van der Waals surface area contributed by atoms with Gasteiger partial charge in [0.2, 0.25) is 0 Å². The van der Waals surface area contributed by atoms with Crippen LogP contribution in [0.15, 0.2) is 33.9 Å². The number of rotatable bonds is 5. The summed E-state index contributed by atoms with van der Waals surface area (Å²) in [5, 5.41) is 5.23. The molecule has 7 heteroatoms. The van der Waals surface area contributed by atoms with Crippen LogP contribution in [0.25, 0.3) is 0 Å². The molecule has 1 aromatic carbocycles. The lowest BCUT2D eigenvalue weighted by Crippen LogP contribution is -2.28. The van der Waals surface area contributed by atoms with E-state index in [0.29, 0.717) is 23.7 Å². The summed E-state index contributed by atoms with van der Waals surface area (Å²) in [6.07, 6.45) is 6.56. The smallest absolute Gasteiger partial charge is 0.254 e. The molecule has 2 fully saturated rings. The van der Waals surface area contributed by atoms with Crippen molar-refractivity contribution in [3.05, 3.63) is 34.3 Å². The zero-order valence-corrected chi connectivity index (χ0v) is 16.1. The van der Waals surface area contributed by atoms with Crippen LogP contribution in [0, 0.1) is 23.7 Å². The van der Waals surface area contributed by atoms with Crippen molar-refractivity contribution in [1.82, 2.24) is 5.01 Å². The second-order valence-corrected chi connectivity index (χ2v) is 7.55. The standard InChI is InChI=1S/C19H19BrN2O4/c1-3-26-17-13(20)6-10(7-14(17)25-2)9-21-22-18(23)15-11-4-5-12(8-11)16(15)19(22)24/h4-7,9,11-12,15-16H,3,8H2,1-2H3/b21-9-/t11-,12-,15-,16+/m0/s1. The molecule has 2 aliphatic carbocycles. The van der Waals surface area contributed by atoms with Gasteiger partial charge in [-0.3, -0.25) is 9.59 Å². The molecule has 0 radical (unpaired) electrons. The fourth-order valence-corrected chi connectivity index (χ4v) is 4.80. The Hall–Kier alpha value is -2.15. The molecule has 0 aromatic heterocycles. The Morgan fingerprint density at radius 1 is 1.23 bits per heavy atom. The van der Waals surface area contributed by atoms with E-state index < -0.39 is 0 Å². The van der Waals surface area contributed by atoms with E-state index >= 15 is 0 Å². The quantitative estimate of drug-likeness (QED) is 0.418. The number of imide groups is 1. The summed E-state index contributed by atoms with van der Waals surface area (Å²) in [6, 6.07) is 3.57. The van der Waals surface area contributed by atoms with E-state index in [2.05, 4.69) is 33.2 Å². The van der Waals surface area contributed by atoms with Crippen LogP contribution in [0.5, 0.6) is 11.5 Å². The largest absolute Gasteiger partial charge is 0.493 e. The highest BCUT2D eigenvalue weighted by atomic mass is 79.9. The number of allylic oxidation sites excluding steroid dienone is 2. The molecule has 6 nitrogen and oxygen atoms in total. The fourth-order valence-electron chi connectivity index (χ4n) is 4.22. The van der Waals surface area contributed by atoms with Gasteiger partial charge in [-0.25, -0.2) is 0 Å². The second kappa shape index (κ2) is 6.54. The molecule has 26 heavy (non-hydrogen) atoms. The van der Waals surface area contributed by atoms with Crippen molar-refractivity contribution in [2.75, 3.05) is 13.7 Å². The van der Waals surface area contributed by atoms with Gasteiger partial charge < -0.3 is 9.47 Å². The van der Waals surface area contributed by atoms with Gasteiger partial charge in [-0.1, -0.05) is 12.2 Å². The molecule has 0 spiro atoms. The summed E-state index contributed by atoms with van der Waals surface area (Å²) in [7, 11) is 1.56. The third kappa shape index (κ3) is 2.57. The number of halogens is 1. The topological polar surface area (TPSA) is 68.2 Å². The molecule has 1 heterocycles. The minimum atomic E-state index is -0.240. The predicted octanol–water partition coefficient (Wildman–Crippen LogP) is 3.00. The first-order valence-electron chi connectivity index (χ1n) is 8.65. The van der Waals surface area contributed by atoms with Crippen molar-refractivity contribution in [2.24, 2.45) is 28.8 Å². The normalized spacial score (nSPS) is 29.1. The third-order valence-corrected chi connectivity index (χ3v) is 5.90. The van der Waals surface area contributed by atoms with Crippen LogP contribution >= 0.6 is 15.9 Å². The molecule has 2 amide bonds. The lowest BCUT2D eigenvalue weighted by Gasteiger charge is -2.13. The Morgan fingerprint density at radius 2 is 1.88 bits per heavy atom. The van der Waals surface area contributed by atoms with Crippen molar-refractivity contribution in [2.45, 2.75) is 13.3 Å². The van der Waals surface area contributed by atoms with E-state index in [0.717, 1.165) is 15.9 Å². The van der Waals surface area contributed by atoms with Crippen LogP contribution in [0.4, 0.5) is 0 Å². The first kappa shape index (κ1) is 17.3. The predicted molar refractivity (Wildman–Crippen MR) is 99.0 cm³/mol. The number of hydrogen-bond acceptors (Lipinski definition) is 5. The zero-order chi connectivity index (χ0) is 18.4. The summed E-state index contributed by atoms with van der Waals surface area (Å²) in [6.45, 7) is 2.41. The van der Waals surface area contributed by atoms with E-state index in [4.69, 9.17) is 9.47 Å². The minimum absolute atomic E-state index is 0.182. The molecule has 2 bridgehead atoms. The van der Waals surface area contributed by atoms with E-state index in [9.17, 15) is 9.59 Å². The number of ether oxygens (including phenoxy) is 2. The lowest BCUT2D eigenvalue weighted by molar-refractivity contribution is -0.140. The Morgan fingerprint density at radius 3 is 2.46 bits per heavy atom. The summed E-state index contributed by atoms with van der Waals surface area (Å²) < 4.78 is 11.6. The molecule has 1 aliphatic heterocycles. The summed E-state index contributed by atoms with van der Waals surface area (Å²) in [5.41, 5.74) is 0.705. The van der Waals surface area contributed by atoms with Crippen LogP contribution in [-0.4, -0.2) is 36.8 Å². The van der Waals surface area contributed by atoms with Crippen molar-refractivity contribution in [3.8, 4) is 11.5 Å². The number of hydrazone groups is 1. The van der Waals surface area contributed by atoms with Gasteiger partial charge in [0.15, 0.2) is 11.5 Å². The molecule has 1 aromatic rings. The Bertz CT molecular complexity index is 805. The highest BCUT2D eigenvalue weighted by molar-refractivity contribution is 9.10. The van der Waals surface area contributed by atoms with Gasteiger partial charge in [-0.2, -0.15) is 10.1 Å². The second-order valence-electron chi connectivity index (χ2n) is 6.70. The van der Waals surface area contributed by atoms with Gasteiger partial charge in [-0.15, -0.1) is 0 Å². The third-order valence-electron chi connectivity index (χ3n) is 5.31. The molecule has 1 saturated heterocycles. The van der Waals surface area contributed by atoms with Gasteiger partial charge in [-0.05, 0) is 58.8 Å². The zero-order valence-electron chi connectivity index (χ0n) is 14.5. The molecular weight excluding hydrogens is 400 g/mol. The van der Waals surface area contributed by atoms with Crippen LogP contribution in [0.2, 0.25) is 0 Å². The van der Waals surface area contributed by atoms with Crippen LogP contribution < -0.4 is 9.47 Å². The van der Waals surface area contributed by atoms with Gasteiger partial charge in [0.1, 0.15) is 0 Å². The highest BCUT2D eigenvalue weighted by Crippen LogP contribution is 2.52. The van der Waals surface area contributed by atoms with Crippen LogP contribution in [-0.2, 0) is 9.59 Å². The monoisotopic (exact) mass is 418 g/mol. The Kier molecular flexibility index (Phi) is 4.34. The molecule has 4 atom stereocenters. The first-order valence-corrected chi connectivity index (χ1v) is 9.45. The highest BCUT2D eigenvalue weighted by Gasteiger charge is 2.59. The van der Waals surface area contributed by atoms with Gasteiger partial charge in [0.25, 0.3) is 11.8 Å². The van der Waals surface area contributed by atoms with Crippen LogP contribution in [0.1, 0.15) is 18.9 Å². The lowest BCUT2D eigenvalue weighted by atomic mass is 9.85. The molecule has 4 rings (SSSR count). The molecule has 136 valence electrons. The Labute approximate surface area is 160 Å². The molecule has 0 unspecified atom stereocenters. The maximum Gasteiger partial charge on any atom is 0.254 e. The maximum absolute atomic E-state index is 12.6. The van der Waals surface area contributed by atoms with Crippen LogP contribution in [0.3, 0.4) is 0 Å². The number of carbonyl (C=O) groups excluding carboxylic acids is 2. The number of amides is 2. The van der Waals surface area contributed by atoms with Gasteiger partial charge in [0, 0.05) is 0 Å². The number of hydrogen-bond donors (Lipinski definition) is 0. The number of carbonyl (C=O) groups is 2. The van der Waals surface area contributed by atoms with Crippen molar-refractivity contribution >= 4 is 34.0 Å². The average molecular weight is 419 g/mol. The molecule has 0 N–H and O–H groups in total. The van der Waals surface area contributed by atoms with Crippen molar-refractivity contribution in [1.29, 1.82) is 0 Å². The maximum atomic E-state index is 12.6. The van der Waals surface area contributed by atoms with Crippen molar-refractivity contribution < 1.29 is 19.1 Å². The number of methoxy groups -OCH3 is 1. The number of nitrogens with zero attached hydrogens (tertiary/aromatic N) is 2. The molecular formula is C19H19BrN2O4. The molecule has 3 aliphatic rings. The van der Waals surface area contributed by atoms with E-state index in [1.165, 1.54) is 6.21 Å². The summed E-state index contributed by atoms with van der Waals surface area (Å²) in [5.74, 6) is 0.670.